The Hall–Kier alpha value is -2.30. The molecule has 0 bridgehead atoms. The number of rotatable bonds is 4. The van der Waals surface area contributed by atoms with Crippen LogP contribution in [0.4, 0.5) is 4.79 Å². The van der Waals surface area contributed by atoms with Gasteiger partial charge in [0, 0.05) is 19.2 Å². The maximum absolute atomic E-state index is 12.0. The number of piperidine rings is 1. The van der Waals surface area contributed by atoms with Gasteiger partial charge >= 0.3 is 12.1 Å². The van der Waals surface area contributed by atoms with Gasteiger partial charge in [0.2, 0.25) is 0 Å². The number of nitrogens with zero attached hydrogens (tertiary/aromatic N) is 1. The van der Waals surface area contributed by atoms with Crippen LogP contribution in [-0.4, -0.2) is 35.7 Å². The van der Waals surface area contributed by atoms with Crippen molar-refractivity contribution in [1.82, 2.24) is 4.90 Å². The molecule has 0 aromatic heterocycles. The Balaban J connectivity index is 1.40. The molecule has 1 amide bonds. The first kappa shape index (κ1) is 17.5. The third kappa shape index (κ3) is 4.62. The van der Waals surface area contributed by atoms with Gasteiger partial charge in [-0.15, -0.1) is 0 Å². The van der Waals surface area contributed by atoms with Gasteiger partial charge in [-0.2, -0.15) is 0 Å². The molecule has 25 heavy (non-hydrogen) atoms. The number of likely N-dealkylation sites (tertiary alicyclic amines) is 1. The summed E-state index contributed by atoms with van der Waals surface area (Å²) in [6.07, 6.45) is 3.20. The van der Waals surface area contributed by atoms with Crippen LogP contribution in [0.25, 0.3) is 0 Å². The molecule has 2 atom stereocenters. The van der Waals surface area contributed by atoms with Crippen LogP contribution in [0.5, 0.6) is 0 Å². The predicted octanol–water partition coefficient (Wildman–Crippen LogP) is 3.40. The number of hydrogen-bond acceptors (Lipinski definition) is 4. The summed E-state index contributed by atoms with van der Waals surface area (Å²) in [7, 11) is 0. The fourth-order valence-electron chi connectivity index (χ4n) is 3.30. The zero-order valence-corrected chi connectivity index (χ0v) is 15.0. The van der Waals surface area contributed by atoms with E-state index in [4.69, 9.17) is 9.47 Å². The summed E-state index contributed by atoms with van der Waals surface area (Å²) >= 11 is 0. The zero-order valence-electron chi connectivity index (χ0n) is 15.0. The molecule has 5 heteroatoms. The average molecular weight is 343 g/mol. The second kappa shape index (κ2) is 6.90. The molecular formula is C20H25NO4. The summed E-state index contributed by atoms with van der Waals surface area (Å²) in [6.45, 7) is 7.30. The van der Waals surface area contributed by atoms with E-state index in [-0.39, 0.29) is 18.7 Å². The first-order chi connectivity index (χ1) is 11.8. The van der Waals surface area contributed by atoms with Crippen LogP contribution in [0, 0.1) is 17.8 Å². The Morgan fingerprint density at radius 1 is 1.16 bits per heavy atom. The largest absolute Gasteiger partial charge is 0.458 e. The molecule has 0 N–H and O–H groups in total. The Labute approximate surface area is 148 Å². The standard InChI is InChI=1S/C20H25NO4/c1-20(2,3)25-19(23)21-11-16-15(17(16)12-21)9-10-18(22)24-13-14-7-5-4-6-8-14/h4-10,15-17H,11-13H2,1-3H3/b10-9+. The van der Waals surface area contributed by atoms with E-state index in [9.17, 15) is 9.59 Å². The smallest absolute Gasteiger partial charge is 0.410 e. The van der Waals surface area contributed by atoms with Crippen molar-refractivity contribution in [3.8, 4) is 0 Å². The SMILES string of the molecule is CC(C)(C)OC(=O)N1CC2C(/C=C/C(=O)OCc3ccccc3)C2C1. The van der Waals surface area contributed by atoms with E-state index in [0.717, 1.165) is 5.56 Å². The average Bonchev–Trinajstić information content (AvgIpc) is 3.00. The van der Waals surface area contributed by atoms with Crippen LogP contribution in [0.2, 0.25) is 0 Å². The van der Waals surface area contributed by atoms with Gasteiger partial charge in [-0.05, 0) is 44.1 Å². The molecule has 1 aliphatic heterocycles. The Kier molecular flexibility index (Phi) is 4.84. The third-order valence-electron chi connectivity index (χ3n) is 4.59. The first-order valence-corrected chi connectivity index (χ1v) is 8.70. The normalized spacial score (nSPS) is 24.9. The van der Waals surface area contributed by atoms with Crippen LogP contribution in [0.1, 0.15) is 26.3 Å². The van der Waals surface area contributed by atoms with E-state index in [1.807, 2.05) is 57.2 Å². The lowest BCUT2D eigenvalue weighted by Crippen LogP contribution is -2.36. The summed E-state index contributed by atoms with van der Waals surface area (Å²) in [5.74, 6) is 0.914. The minimum absolute atomic E-state index is 0.246. The van der Waals surface area contributed by atoms with E-state index >= 15 is 0 Å². The van der Waals surface area contributed by atoms with E-state index < -0.39 is 5.60 Å². The monoisotopic (exact) mass is 343 g/mol. The molecule has 1 saturated carbocycles. The van der Waals surface area contributed by atoms with Crippen molar-refractivity contribution in [3.63, 3.8) is 0 Å². The van der Waals surface area contributed by atoms with Crippen LogP contribution >= 0.6 is 0 Å². The van der Waals surface area contributed by atoms with E-state index in [0.29, 0.717) is 30.8 Å². The number of carbonyl (C=O) groups excluding carboxylic acids is 2. The highest BCUT2D eigenvalue weighted by atomic mass is 16.6. The number of hydrogen-bond donors (Lipinski definition) is 0. The number of fused-ring (bicyclic) bond motifs is 1. The van der Waals surface area contributed by atoms with Crippen molar-refractivity contribution in [2.75, 3.05) is 13.1 Å². The number of ether oxygens (including phenoxy) is 2. The van der Waals surface area contributed by atoms with E-state index in [1.54, 1.807) is 4.90 Å². The van der Waals surface area contributed by atoms with Crippen molar-refractivity contribution in [1.29, 1.82) is 0 Å². The minimum atomic E-state index is -0.467. The van der Waals surface area contributed by atoms with Gasteiger partial charge in [-0.3, -0.25) is 0 Å². The summed E-state index contributed by atoms with van der Waals surface area (Å²) in [4.78, 5) is 25.6. The molecule has 1 aromatic carbocycles. The maximum Gasteiger partial charge on any atom is 0.410 e. The van der Waals surface area contributed by atoms with Crippen molar-refractivity contribution >= 4 is 12.1 Å². The highest BCUT2D eigenvalue weighted by molar-refractivity contribution is 5.82. The van der Waals surface area contributed by atoms with Gasteiger partial charge in [0.1, 0.15) is 12.2 Å². The second-order valence-corrected chi connectivity index (χ2v) is 7.74. The van der Waals surface area contributed by atoms with Crippen molar-refractivity contribution in [2.24, 2.45) is 17.8 Å². The molecule has 1 heterocycles. The molecule has 2 aliphatic rings. The molecule has 5 nitrogen and oxygen atoms in total. The lowest BCUT2D eigenvalue weighted by atomic mass is 10.2. The fraction of sp³-hybridized carbons (Fsp3) is 0.500. The number of amides is 1. The lowest BCUT2D eigenvalue weighted by Gasteiger charge is -2.25. The molecule has 0 radical (unpaired) electrons. The number of carbonyl (C=O) groups is 2. The van der Waals surface area contributed by atoms with Crippen LogP contribution in [0.15, 0.2) is 42.5 Å². The molecule has 1 saturated heterocycles. The molecular weight excluding hydrogens is 318 g/mol. The quantitative estimate of drug-likeness (QED) is 0.621. The summed E-state index contributed by atoms with van der Waals surface area (Å²) in [5.41, 5.74) is 0.506. The van der Waals surface area contributed by atoms with Crippen LogP contribution in [0.3, 0.4) is 0 Å². The molecule has 0 spiro atoms. The Morgan fingerprint density at radius 3 is 2.40 bits per heavy atom. The van der Waals surface area contributed by atoms with Gasteiger partial charge < -0.3 is 14.4 Å². The van der Waals surface area contributed by atoms with Crippen molar-refractivity contribution in [3.05, 3.63) is 48.0 Å². The predicted molar refractivity (Wildman–Crippen MR) is 93.7 cm³/mol. The van der Waals surface area contributed by atoms with Crippen molar-refractivity contribution < 1.29 is 19.1 Å². The Morgan fingerprint density at radius 2 is 1.80 bits per heavy atom. The molecule has 2 fully saturated rings. The molecule has 3 rings (SSSR count). The van der Waals surface area contributed by atoms with Gasteiger partial charge in [0.05, 0.1) is 0 Å². The number of allylic oxidation sites excluding steroid dienone is 1. The first-order valence-electron chi connectivity index (χ1n) is 8.70. The second-order valence-electron chi connectivity index (χ2n) is 7.74. The number of esters is 1. The summed E-state index contributed by atoms with van der Waals surface area (Å²) in [5, 5.41) is 0. The molecule has 1 aliphatic carbocycles. The van der Waals surface area contributed by atoms with E-state index in [2.05, 4.69) is 0 Å². The lowest BCUT2D eigenvalue weighted by molar-refractivity contribution is -0.139. The van der Waals surface area contributed by atoms with Crippen molar-refractivity contribution in [2.45, 2.75) is 33.0 Å². The van der Waals surface area contributed by atoms with Gasteiger partial charge in [-0.25, -0.2) is 9.59 Å². The van der Waals surface area contributed by atoms with E-state index in [1.165, 1.54) is 6.08 Å². The molecule has 134 valence electrons. The topological polar surface area (TPSA) is 55.8 Å². The molecule has 2 unspecified atom stereocenters. The maximum atomic E-state index is 12.0. The van der Waals surface area contributed by atoms with Crippen LogP contribution in [-0.2, 0) is 20.9 Å². The Bertz CT molecular complexity index is 650. The highest BCUT2D eigenvalue weighted by Gasteiger charge is 2.55. The summed E-state index contributed by atoms with van der Waals surface area (Å²) in [6, 6.07) is 9.61. The fourth-order valence-corrected chi connectivity index (χ4v) is 3.30. The van der Waals surface area contributed by atoms with Gasteiger partial charge in [-0.1, -0.05) is 36.4 Å². The molecule has 1 aromatic rings. The summed E-state index contributed by atoms with van der Waals surface area (Å²) < 4.78 is 10.6. The highest BCUT2D eigenvalue weighted by Crippen LogP contribution is 2.52. The van der Waals surface area contributed by atoms with Gasteiger partial charge in [0.25, 0.3) is 0 Å². The zero-order chi connectivity index (χ0) is 18.0. The van der Waals surface area contributed by atoms with Gasteiger partial charge in [0.15, 0.2) is 0 Å². The third-order valence-corrected chi connectivity index (χ3v) is 4.59. The minimum Gasteiger partial charge on any atom is -0.458 e. The number of benzene rings is 1. The van der Waals surface area contributed by atoms with Crippen LogP contribution < -0.4 is 0 Å².